The molecule has 156 valence electrons. The number of amides is 1. The van der Waals surface area contributed by atoms with Crippen molar-refractivity contribution in [2.45, 2.75) is 37.5 Å². The van der Waals surface area contributed by atoms with Gasteiger partial charge in [0.15, 0.2) is 5.78 Å². The first kappa shape index (κ1) is 20.7. The molecule has 4 nitrogen and oxygen atoms in total. The molecule has 1 aliphatic rings. The quantitative estimate of drug-likeness (QED) is 0.415. The second kappa shape index (κ2) is 9.52. The predicted molar refractivity (Wildman–Crippen MR) is 123 cm³/mol. The molecule has 4 rings (SSSR count). The Labute approximate surface area is 182 Å². The van der Waals surface area contributed by atoms with Crippen molar-refractivity contribution in [1.82, 2.24) is 9.88 Å². The first-order chi connectivity index (χ1) is 14.6. The van der Waals surface area contributed by atoms with Crippen LogP contribution in [-0.4, -0.2) is 40.4 Å². The van der Waals surface area contributed by atoms with Crippen LogP contribution < -0.4 is 0 Å². The number of nitrogens with one attached hydrogen (secondary N) is 1. The molecule has 0 unspecified atom stereocenters. The van der Waals surface area contributed by atoms with Crippen molar-refractivity contribution in [3.05, 3.63) is 65.9 Å². The third-order valence-electron chi connectivity index (χ3n) is 5.90. The lowest BCUT2D eigenvalue weighted by Gasteiger charge is -2.33. The van der Waals surface area contributed by atoms with E-state index in [1.807, 2.05) is 47.0 Å². The van der Waals surface area contributed by atoms with E-state index in [1.54, 1.807) is 6.92 Å². The number of carbonyl (C=O) groups excluding carboxylic acids is 2. The van der Waals surface area contributed by atoms with Gasteiger partial charge in [-0.2, -0.15) is 0 Å². The van der Waals surface area contributed by atoms with Gasteiger partial charge in [-0.25, -0.2) is 0 Å². The summed E-state index contributed by atoms with van der Waals surface area (Å²) in [4.78, 5) is 31.8. The standard InChI is InChI=1S/C25H28N2O2S/c1-18(28)25-22(21-11-5-6-12-23(21)26-25)16-24(29)27-14-7-8-19(17-27)13-15-30-20-9-3-2-4-10-20/h2-6,9-12,19,26H,7-8,13-17H2,1H3/t19-/m0/s1. The zero-order chi connectivity index (χ0) is 20.9. The number of aromatic nitrogens is 1. The summed E-state index contributed by atoms with van der Waals surface area (Å²) in [6, 6.07) is 18.3. The Morgan fingerprint density at radius 3 is 2.67 bits per heavy atom. The number of thioether (sulfide) groups is 1. The fourth-order valence-electron chi connectivity index (χ4n) is 4.33. The molecular weight excluding hydrogens is 392 g/mol. The largest absolute Gasteiger partial charge is 0.352 e. The number of H-pyrrole nitrogens is 1. The van der Waals surface area contributed by atoms with Gasteiger partial charge in [-0.1, -0.05) is 36.4 Å². The molecule has 1 saturated heterocycles. The average molecular weight is 421 g/mol. The summed E-state index contributed by atoms with van der Waals surface area (Å²) in [7, 11) is 0. The Morgan fingerprint density at radius 2 is 1.87 bits per heavy atom. The van der Waals surface area contributed by atoms with E-state index in [4.69, 9.17) is 0 Å². The maximum atomic E-state index is 13.1. The summed E-state index contributed by atoms with van der Waals surface area (Å²) < 4.78 is 0. The van der Waals surface area contributed by atoms with Crippen molar-refractivity contribution in [3.63, 3.8) is 0 Å². The number of Topliss-reactive ketones (excluding diaryl/α,β-unsaturated/α-hetero) is 1. The number of hydrogen-bond acceptors (Lipinski definition) is 3. The Morgan fingerprint density at radius 1 is 1.10 bits per heavy atom. The minimum absolute atomic E-state index is 0.0246. The number of likely N-dealkylation sites (tertiary alicyclic amines) is 1. The molecule has 1 aliphatic heterocycles. The summed E-state index contributed by atoms with van der Waals surface area (Å²) in [5, 5.41) is 0.976. The minimum atomic E-state index is -0.0246. The highest BCUT2D eigenvalue weighted by Gasteiger charge is 2.25. The van der Waals surface area contributed by atoms with Crippen LogP contribution in [0.3, 0.4) is 0 Å². The minimum Gasteiger partial charge on any atom is -0.352 e. The summed E-state index contributed by atoms with van der Waals surface area (Å²) in [5.74, 6) is 1.73. The molecule has 3 aromatic rings. The van der Waals surface area contributed by atoms with Crippen molar-refractivity contribution in [2.75, 3.05) is 18.8 Å². The molecule has 2 aromatic carbocycles. The van der Waals surface area contributed by atoms with Crippen molar-refractivity contribution in [2.24, 2.45) is 5.92 Å². The topological polar surface area (TPSA) is 53.2 Å². The van der Waals surface area contributed by atoms with Crippen LogP contribution in [0.15, 0.2) is 59.5 Å². The number of piperidine rings is 1. The lowest BCUT2D eigenvalue weighted by molar-refractivity contribution is -0.132. The van der Waals surface area contributed by atoms with Gasteiger partial charge in [0, 0.05) is 35.8 Å². The van der Waals surface area contributed by atoms with Crippen LogP contribution in [0.1, 0.15) is 42.2 Å². The van der Waals surface area contributed by atoms with Gasteiger partial charge in [0.25, 0.3) is 0 Å². The van der Waals surface area contributed by atoms with Crippen LogP contribution in [0.25, 0.3) is 10.9 Å². The van der Waals surface area contributed by atoms with Gasteiger partial charge in [-0.3, -0.25) is 9.59 Å². The normalized spacial score (nSPS) is 16.7. The predicted octanol–water partition coefficient (Wildman–Crippen LogP) is 5.33. The molecule has 2 heterocycles. The van der Waals surface area contributed by atoms with Crippen LogP contribution in [0.4, 0.5) is 0 Å². The summed E-state index contributed by atoms with van der Waals surface area (Å²) in [5.41, 5.74) is 2.32. The molecule has 0 radical (unpaired) electrons. The molecule has 1 atom stereocenters. The molecular formula is C25H28N2O2S. The van der Waals surface area contributed by atoms with Gasteiger partial charge in [-0.15, -0.1) is 11.8 Å². The van der Waals surface area contributed by atoms with E-state index in [1.165, 1.54) is 11.3 Å². The molecule has 1 amide bonds. The zero-order valence-electron chi connectivity index (χ0n) is 17.4. The Bertz CT molecular complexity index is 1030. The monoisotopic (exact) mass is 420 g/mol. The second-order valence-electron chi connectivity index (χ2n) is 8.06. The Balaban J connectivity index is 1.38. The number of benzene rings is 2. The van der Waals surface area contributed by atoms with Crippen LogP contribution in [-0.2, 0) is 11.2 Å². The van der Waals surface area contributed by atoms with Crippen LogP contribution in [0.5, 0.6) is 0 Å². The average Bonchev–Trinajstić information content (AvgIpc) is 3.13. The van der Waals surface area contributed by atoms with Gasteiger partial charge in [-0.05, 0) is 54.7 Å². The van der Waals surface area contributed by atoms with Crippen LogP contribution >= 0.6 is 11.8 Å². The number of aromatic amines is 1. The summed E-state index contributed by atoms with van der Waals surface area (Å²) >= 11 is 1.89. The van der Waals surface area contributed by atoms with E-state index < -0.39 is 0 Å². The van der Waals surface area contributed by atoms with Crippen LogP contribution in [0.2, 0.25) is 0 Å². The lowest BCUT2D eigenvalue weighted by Crippen LogP contribution is -2.41. The molecule has 0 saturated carbocycles. The number of carbonyl (C=O) groups is 2. The van der Waals surface area contributed by atoms with Gasteiger partial charge < -0.3 is 9.88 Å². The second-order valence-corrected chi connectivity index (χ2v) is 9.22. The molecule has 5 heteroatoms. The van der Waals surface area contributed by atoms with Crippen molar-refractivity contribution >= 4 is 34.4 Å². The highest BCUT2D eigenvalue weighted by Crippen LogP contribution is 2.27. The van der Waals surface area contributed by atoms with Crippen molar-refractivity contribution in [3.8, 4) is 0 Å². The molecule has 1 fully saturated rings. The third-order valence-corrected chi connectivity index (χ3v) is 6.95. The zero-order valence-corrected chi connectivity index (χ0v) is 18.2. The van der Waals surface area contributed by atoms with E-state index in [0.29, 0.717) is 11.6 Å². The third kappa shape index (κ3) is 4.78. The number of hydrogen-bond donors (Lipinski definition) is 1. The first-order valence-electron chi connectivity index (χ1n) is 10.7. The number of fused-ring (bicyclic) bond motifs is 1. The molecule has 0 aliphatic carbocycles. The number of rotatable bonds is 7. The van der Waals surface area contributed by atoms with E-state index in [2.05, 4.69) is 29.2 Å². The van der Waals surface area contributed by atoms with Crippen LogP contribution in [0, 0.1) is 5.92 Å². The highest BCUT2D eigenvalue weighted by atomic mass is 32.2. The van der Waals surface area contributed by atoms with Gasteiger partial charge in [0.2, 0.25) is 5.91 Å². The molecule has 0 spiro atoms. The van der Waals surface area contributed by atoms with Gasteiger partial charge >= 0.3 is 0 Å². The summed E-state index contributed by atoms with van der Waals surface area (Å²) in [6.45, 7) is 3.20. The van der Waals surface area contributed by atoms with E-state index >= 15 is 0 Å². The molecule has 1 aromatic heterocycles. The maximum absolute atomic E-state index is 13.1. The molecule has 1 N–H and O–H groups in total. The van der Waals surface area contributed by atoms with E-state index in [-0.39, 0.29) is 18.1 Å². The fourth-order valence-corrected chi connectivity index (χ4v) is 5.37. The molecule has 30 heavy (non-hydrogen) atoms. The molecule has 0 bridgehead atoms. The SMILES string of the molecule is CC(=O)c1[nH]c2ccccc2c1CC(=O)N1CCC[C@@H](CCSc2ccccc2)C1. The number of nitrogens with zero attached hydrogens (tertiary/aromatic N) is 1. The smallest absolute Gasteiger partial charge is 0.227 e. The van der Waals surface area contributed by atoms with Crippen molar-refractivity contribution < 1.29 is 9.59 Å². The fraction of sp³-hybridized carbons (Fsp3) is 0.360. The Hall–Kier alpha value is -2.53. The highest BCUT2D eigenvalue weighted by molar-refractivity contribution is 7.99. The number of ketones is 1. The summed E-state index contributed by atoms with van der Waals surface area (Å²) in [6.07, 6.45) is 3.64. The van der Waals surface area contributed by atoms with E-state index in [0.717, 1.165) is 48.2 Å². The van der Waals surface area contributed by atoms with Crippen molar-refractivity contribution in [1.29, 1.82) is 0 Å². The van der Waals surface area contributed by atoms with Gasteiger partial charge in [0.1, 0.15) is 0 Å². The number of para-hydroxylation sites is 1. The Kier molecular flexibility index (Phi) is 6.58. The maximum Gasteiger partial charge on any atom is 0.227 e. The first-order valence-corrected chi connectivity index (χ1v) is 11.7. The van der Waals surface area contributed by atoms with E-state index in [9.17, 15) is 9.59 Å². The lowest BCUT2D eigenvalue weighted by atomic mass is 9.95. The van der Waals surface area contributed by atoms with Gasteiger partial charge in [0.05, 0.1) is 12.1 Å².